The lowest BCUT2D eigenvalue weighted by Crippen LogP contribution is -2.06. The fraction of sp³-hybridized carbons (Fsp3) is 1.00. The van der Waals surface area contributed by atoms with Gasteiger partial charge in [0.25, 0.3) is 0 Å². The van der Waals surface area contributed by atoms with Gasteiger partial charge < -0.3 is 14.2 Å². The smallest absolute Gasteiger partial charge is 0.151 e. The van der Waals surface area contributed by atoms with Crippen LogP contribution in [0.25, 0.3) is 0 Å². The summed E-state index contributed by atoms with van der Waals surface area (Å²) in [5.74, 6) is 0. The zero-order valence-corrected chi connectivity index (χ0v) is 7.96. The fourth-order valence-electron chi connectivity index (χ4n) is 0.659. The molecule has 0 aromatic rings. The molecule has 2 unspecified atom stereocenters. The van der Waals surface area contributed by atoms with Crippen molar-refractivity contribution in [3.63, 3.8) is 0 Å². The van der Waals surface area contributed by atoms with Crippen molar-refractivity contribution in [1.29, 1.82) is 0 Å². The van der Waals surface area contributed by atoms with Crippen molar-refractivity contribution in [1.82, 2.24) is 0 Å². The standard InChI is InChI=1S/C6H10O3.CH3OP/c1(5-3-8-5)7-2-6-4-9-6;1-3-2/h5-6H,1-4H2;1H3. The lowest BCUT2D eigenvalue weighted by atomic mass is 10.5. The highest BCUT2D eigenvalue weighted by Crippen LogP contribution is 2.12. The number of hydrogen-bond acceptors (Lipinski definition) is 4. The molecule has 0 radical (unpaired) electrons. The Morgan fingerprint density at radius 1 is 1.33 bits per heavy atom. The molecule has 0 amide bonds. The highest BCUT2D eigenvalue weighted by Gasteiger charge is 2.26. The Labute approximate surface area is 73.4 Å². The van der Waals surface area contributed by atoms with Gasteiger partial charge in [0.15, 0.2) is 8.46 Å². The lowest BCUT2D eigenvalue weighted by molar-refractivity contribution is 0.102. The second kappa shape index (κ2) is 5.60. The summed E-state index contributed by atoms with van der Waals surface area (Å²) in [5, 5.41) is 0. The normalized spacial score (nSPS) is 30.8. The summed E-state index contributed by atoms with van der Waals surface area (Å²) >= 11 is 0. The van der Waals surface area contributed by atoms with Crippen LogP contribution < -0.4 is 0 Å². The van der Waals surface area contributed by atoms with Gasteiger partial charge in [-0.3, -0.25) is 4.57 Å². The first-order valence-electron chi connectivity index (χ1n) is 3.89. The highest BCUT2D eigenvalue weighted by atomic mass is 31.1. The predicted molar refractivity (Wildman–Crippen MR) is 43.8 cm³/mol. The van der Waals surface area contributed by atoms with E-state index in [1.54, 1.807) is 6.66 Å². The maximum Gasteiger partial charge on any atom is 0.151 e. The van der Waals surface area contributed by atoms with Crippen molar-refractivity contribution in [2.75, 3.05) is 33.1 Å². The molecular formula is C7H13O4P. The van der Waals surface area contributed by atoms with Crippen molar-refractivity contribution >= 4 is 8.46 Å². The minimum absolute atomic E-state index is 0.167. The zero-order valence-electron chi connectivity index (χ0n) is 7.06. The fourth-order valence-corrected chi connectivity index (χ4v) is 0.659. The molecule has 0 saturated carbocycles. The summed E-state index contributed by atoms with van der Waals surface area (Å²) in [5.41, 5.74) is 0. The van der Waals surface area contributed by atoms with Crippen LogP contribution in [-0.4, -0.2) is 45.3 Å². The van der Waals surface area contributed by atoms with Crippen molar-refractivity contribution in [2.45, 2.75) is 12.2 Å². The first-order chi connectivity index (χ1) is 5.86. The predicted octanol–water partition coefficient (Wildman–Crippen LogP) is 0.708. The van der Waals surface area contributed by atoms with Gasteiger partial charge in [-0.05, 0) is 0 Å². The maximum atomic E-state index is 8.90. The van der Waals surface area contributed by atoms with Crippen molar-refractivity contribution in [2.24, 2.45) is 0 Å². The van der Waals surface area contributed by atoms with E-state index < -0.39 is 0 Å². The second-order valence-corrected chi connectivity index (χ2v) is 3.00. The van der Waals surface area contributed by atoms with Gasteiger partial charge in [-0.15, -0.1) is 0 Å². The number of hydrogen-bond donors (Lipinski definition) is 0. The quantitative estimate of drug-likeness (QED) is 0.486. The summed E-state index contributed by atoms with van der Waals surface area (Å²) in [7, 11) is 0.167. The average Bonchev–Trinajstić information content (AvgIpc) is 2.82. The van der Waals surface area contributed by atoms with E-state index in [-0.39, 0.29) is 8.46 Å². The topological polar surface area (TPSA) is 51.4 Å². The largest absolute Gasteiger partial charge is 0.376 e. The Morgan fingerprint density at radius 2 is 1.67 bits per heavy atom. The first kappa shape index (κ1) is 10.1. The molecule has 2 rings (SSSR count). The Bertz CT molecular complexity index is 121. The Kier molecular flexibility index (Phi) is 4.69. The highest BCUT2D eigenvalue weighted by molar-refractivity contribution is 7.22. The molecule has 0 aromatic carbocycles. The monoisotopic (exact) mass is 192 g/mol. The molecule has 2 fully saturated rings. The molecule has 0 aliphatic carbocycles. The zero-order chi connectivity index (χ0) is 8.81. The third-order valence-electron chi connectivity index (χ3n) is 1.41. The van der Waals surface area contributed by atoms with Crippen LogP contribution in [0.15, 0.2) is 0 Å². The van der Waals surface area contributed by atoms with Crippen LogP contribution in [0.3, 0.4) is 0 Å². The van der Waals surface area contributed by atoms with Crippen LogP contribution >= 0.6 is 8.46 Å². The Hall–Kier alpha value is -0.0200. The molecule has 4 nitrogen and oxygen atoms in total. The van der Waals surface area contributed by atoms with Gasteiger partial charge >= 0.3 is 0 Å². The summed E-state index contributed by atoms with van der Waals surface area (Å²) in [6.45, 7) is 4.80. The molecule has 2 saturated heterocycles. The minimum atomic E-state index is 0.167. The first-order valence-corrected chi connectivity index (χ1v) is 5.15. The molecule has 70 valence electrons. The van der Waals surface area contributed by atoms with E-state index in [1.807, 2.05) is 0 Å². The molecule has 0 aromatic heterocycles. The van der Waals surface area contributed by atoms with E-state index in [4.69, 9.17) is 18.8 Å². The van der Waals surface area contributed by atoms with Crippen LogP contribution in [0.2, 0.25) is 0 Å². The molecule has 5 heteroatoms. The van der Waals surface area contributed by atoms with E-state index >= 15 is 0 Å². The molecule has 0 spiro atoms. The molecule has 2 atom stereocenters. The molecule has 0 bridgehead atoms. The summed E-state index contributed by atoms with van der Waals surface area (Å²) < 4.78 is 24.0. The van der Waals surface area contributed by atoms with Crippen LogP contribution in [0.5, 0.6) is 0 Å². The van der Waals surface area contributed by atoms with Crippen LogP contribution in [-0.2, 0) is 18.8 Å². The SMILES string of the molecule is C(OCC1CO1)C1CO1.CP=O. The van der Waals surface area contributed by atoms with Gasteiger partial charge in [-0.25, -0.2) is 0 Å². The lowest BCUT2D eigenvalue weighted by Gasteiger charge is -1.95. The molecule has 2 heterocycles. The minimum Gasteiger partial charge on any atom is -0.376 e. The van der Waals surface area contributed by atoms with Crippen LogP contribution in [0.1, 0.15) is 0 Å². The van der Waals surface area contributed by atoms with Gasteiger partial charge in [-0.2, -0.15) is 0 Å². The van der Waals surface area contributed by atoms with Crippen LogP contribution in [0, 0.1) is 0 Å². The third-order valence-corrected chi connectivity index (χ3v) is 1.41. The number of rotatable bonds is 4. The summed E-state index contributed by atoms with van der Waals surface area (Å²) in [6.07, 6.45) is 0.785. The van der Waals surface area contributed by atoms with Gasteiger partial charge in [-0.1, -0.05) is 0 Å². The van der Waals surface area contributed by atoms with E-state index in [0.29, 0.717) is 12.2 Å². The third kappa shape index (κ3) is 5.61. The van der Waals surface area contributed by atoms with E-state index in [0.717, 1.165) is 26.4 Å². The number of epoxide rings is 2. The van der Waals surface area contributed by atoms with Crippen molar-refractivity contribution < 1.29 is 18.8 Å². The Balaban J connectivity index is 0.000000213. The molecule has 0 N–H and O–H groups in total. The molecule has 2 aliphatic heterocycles. The summed E-state index contributed by atoms with van der Waals surface area (Å²) in [4.78, 5) is 0. The molecule has 12 heavy (non-hydrogen) atoms. The van der Waals surface area contributed by atoms with E-state index in [1.165, 1.54) is 0 Å². The van der Waals surface area contributed by atoms with E-state index in [9.17, 15) is 0 Å². The number of ether oxygens (including phenoxy) is 3. The van der Waals surface area contributed by atoms with Gasteiger partial charge in [0.1, 0.15) is 12.2 Å². The molecular weight excluding hydrogens is 179 g/mol. The average molecular weight is 192 g/mol. The maximum absolute atomic E-state index is 8.90. The van der Waals surface area contributed by atoms with Crippen LogP contribution in [0.4, 0.5) is 0 Å². The van der Waals surface area contributed by atoms with Gasteiger partial charge in [0, 0.05) is 6.66 Å². The van der Waals surface area contributed by atoms with Crippen molar-refractivity contribution in [3.05, 3.63) is 0 Å². The van der Waals surface area contributed by atoms with E-state index in [2.05, 4.69) is 0 Å². The van der Waals surface area contributed by atoms with Crippen molar-refractivity contribution in [3.8, 4) is 0 Å². The summed E-state index contributed by atoms with van der Waals surface area (Å²) in [6, 6.07) is 0. The molecule has 2 aliphatic rings. The van der Waals surface area contributed by atoms with Gasteiger partial charge in [0.2, 0.25) is 0 Å². The second-order valence-electron chi connectivity index (χ2n) is 2.63. The Morgan fingerprint density at radius 3 is 1.92 bits per heavy atom. The van der Waals surface area contributed by atoms with Gasteiger partial charge in [0.05, 0.1) is 26.4 Å².